The second-order valence-electron chi connectivity index (χ2n) is 6.26. The lowest BCUT2D eigenvalue weighted by Crippen LogP contribution is -2.52. The Bertz CT molecular complexity index is 785. The van der Waals surface area contributed by atoms with Crippen LogP contribution in [-0.4, -0.2) is 57.8 Å². The summed E-state index contributed by atoms with van der Waals surface area (Å²) >= 11 is 0. The number of nitro benzene ring substituents is 1. The average molecular weight is 314 g/mol. The minimum Gasteiger partial charge on any atom is -0.345 e. The lowest BCUT2D eigenvalue weighted by atomic mass is 10.1. The summed E-state index contributed by atoms with van der Waals surface area (Å²) in [4.78, 5) is 30.7. The Morgan fingerprint density at radius 1 is 1.30 bits per heavy atom. The van der Waals surface area contributed by atoms with Gasteiger partial charge in [-0.2, -0.15) is 0 Å². The Morgan fingerprint density at radius 2 is 2.17 bits per heavy atom. The lowest BCUT2D eigenvalue weighted by Gasteiger charge is -2.37. The van der Waals surface area contributed by atoms with Gasteiger partial charge in [0.15, 0.2) is 0 Å². The van der Waals surface area contributed by atoms with Crippen LogP contribution in [0.15, 0.2) is 24.3 Å². The number of carbonyl (C=O) groups excluding carboxylic acids is 1. The highest BCUT2D eigenvalue weighted by atomic mass is 16.6. The smallest absolute Gasteiger partial charge is 0.293 e. The van der Waals surface area contributed by atoms with Crippen LogP contribution in [0, 0.1) is 10.1 Å². The van der Waals surface area contributed by atoms with Gasteiger partial charge in [-0.15, -0.1) is 0 Å². The normalized spacial score (nSPS) is 21.6. The molecule has 7 nitrogen and oxygen atoms in total. The number of piperazine rings is 1. The molecule has 4 rings (SSSR count). The molecule has 1 aromatic heterocycles. The van der Waals surface area contributed by atoms with Crippen LogP contribution in [-0.2, 0) is 0 Å². The van der Waals surface area contributed by atoms with E-state index in [-0.39, 0.29) is 11.6 Å². The van der Waals surface area contributed by atoms with E-state index in [0.717, 1.165) is 26.1 Å². The van der Waals surface area contributed by atoms with Gasteiger partial charge in [-0.25, -0.2) is 0 Å². The van der Waals surface area contributed by atoms with Crippen LogP contribution in [0.4, 0.5) is 5.69 Å². The maximum absolute atomic E-state index is 12.7. The number of para-hydroxylation sites is 1. The van der Waals surface area contributed by atoms with Gasteiger partial charge in [-0.1, -0.05) is 12.1 Å². The van der Waals surface area contributed by atoms with E-state index in [1.165, 1.54) is 12.5 Å². The summed E-state index contributed by atoms with van der Waals surface area (Å²) in [5.74, 6) is -0.0675. The first-order valence-electron chi connectivity index (χ1n) is 7.93. The highest BCUT2D eigenvalue weighted by Crippen LogP contribution is 2.27. The minimum atomic E-state index is -0.426. The van der Waals surface area contributed by atoms with Crippen LogP contribution in [0.5, 0.6) is 0 Å². The zero-order valence-electron chi connectivity index (χ0n) is 12.7. The summed E-state index contributed by atoms with van der Waals surface area (Å²) in [7, 11) is 0. The van der Waals surface area contributed by atoms with Crippen molar-refractivity contribution in [3.63, 3.8) is 0 Å². The zero-order valence-corrected chi connectivity index (χ0v) is 12.7. The van der Waals surface area contributed by atoms with Crippen molar-refractivity contribution in [1.29, 1.82) is 0 Å². The van der Waals surface area contributed by atoms with Crippen LogP contribution < -0.4 is 0 Å². The molecule has 1 atom stereocenters. The van der Waals surface area contributed by atoms with E-state index in [0.29, 0.717) is 29.2 Å². The van der Waals surface area contributed by atoms with Crippen LogP contribution in [0.2, 0.25) is 0 Å². The van der Waals surface area contributed by atoms with Crippen molar-refractivity contribution in [2.75, 3.05) is 26.2 Å². The summed E-state index contributed by atoms with van der Waals surface area (Å²) in [6, 6.07) is 7.05. The maximum atomic E-state index is 12.7. The molecule has 1 aromatic carbocycles. The predicted molar refractivity (Wildman–Crippen MR) is 85.5 cm³/mol. The highest BCUT2D eigenvalue weighted by molar-refractivity contribution is 6.00. The number of nitrogens with zero attached hydrogens (tertiary/aromatic N) is 3. The lowest BCUT2D eigenvalue weighted by molar-refractivity contribution is -0.383. The van der Waals surface area contributed by atoms with Crippen LogP contribution in [0.3, 0.4) is 0 Å². The molecular formula is C16H18N4O3. The molecule has 2 aromatic rings. The van der Waals surface area contributed by atoms with E-state index in [1.807, 2.05) is 4.90 Å². The second kappa shape index (κ2) is 5.34. The molecule has 120 valence electrons. The van der Waals surface area contributed by atoms with Gasteiger partial charge in [-0.05, 0) is 25.5 Å². The van der Waals surface area contributed by atoms with Crippen molar-refractivity contribution in [2.24, 2.45) is 0 Å². The molecule has 23 heavy (non-hydrogen) atoms. The monoisotopic (exact) mass is 314 g/mol. The molecule has 2 aliphatic rings. The van der Waals surface area contributed by atoms with Gasteiger partial charge in [0.2, 0.25) is 0 Å². The summed E-state index contributed by atoms with van der Waals surface area (Å²) < 4.78 is 0. The van der Waals surface area contributed by atoms with Gasteiger partial charge in [0.1, 0.15) is 11.2 Å². The quantitative estimate of drug-likeness (QED) is 0.679. The number of hydrogen-bond donors (Lipinski definition) is 1. The molecule has 3 heterocycles. The largest absolute Gasteiger partial charge is 0.345 e. The maximum Gasteiger partial charge on any atom is 0.293 e. The van der Waals surface area contributed by atoms with Crippen molar-refractivity contribution >= 4 is 22.5 Å². The van der Waals surface area contributed by atoms with E-state index in [1.54, 1.807) is 18.2 Å². The number of nitro groups is 1. The SMILES string of the molecule is O=C(c1cc2cccc([N+](=O)[O-])c2[nH]1)N1CCN2CCCC2C1. The molecule has 1 amide bonds. The number of carbonyl (C=O) groups is 1. The summed E-state index contributed by atoms with van der Waals surface area (Å²) in [6.45, 7) is 3.51. The second-order valence-corrected chi connectivity index (χ2v) is 6.26. The van der Waals surface area contributed by atoms with Crippen molar-refractivity contribution < 1.29 is 9.72 Å². The fourth-order valence-corrected chi connectivity index (χ4v) is 3.75. The first-order chi connectivity index (χ1) is 11.1. The standard InChI is InChI=1S/C16H18N4O3/c21-16(19-8-7-18-6-2-4-12(18)10-19)13-9-11-3-1-5-14(20(22)23)15(11)17-13/h1,3,5,9,12,17H,2,4,6-8,10H2. The molecule has 2 aliphatic heterocycles. The minimum absolute atomic E-state index is 0.00200. The number of amides is 1. The van der Waals surface area contributed by atoms with E-state index >= 15 is 0 Å². The van der Waals surface area contributed by atoms with Crippen molar-refractivity contribution in [3.05, 3.63) is 40.1 Å². The van der Waals surface area contributed by atoms with Gasteiger partial charge >= 0.3 is 0 Å². The number of fused-ring (bicyclic) bond motifs is 2. The Kier molecular flexibility index (Phi) is 3.30. The Labute approximate surface area is 133 Å². The Morgan fingerprint density at radius 3 is 3.00 bits per heavy atom. The molecule has 2 fully saturated rings. The number of rotatable bonds is 2. The Hall–Kier alpha value is -2.41. The third-order valence-electron chi connectivity index (χ3n) is 4.94. The third-order valence-corrected chi connectivity index (χ3v) is 4.94. The number of H-pyrrole nitrogens is 1. The summed E-state index contributed by atoms with van der Waals surface area (Å²) in [5, 5.41) is 11.8. The van der Waals surface area contributed by atoms with Crippen LogP contribution in [0.25, 0.3) is 10.9 Å². The number of hydrogen-bond acceptors (Lipinski definition) is 4. The fraction of sp³-hybridized carbons (Fsp3) is 0.438. The molecule has 0 saturated carbocycles. The predicted octanol–water partition coefficient (Wildman–Crippen LogP) is 2.00. The first kappa shape index (κ1) is 14.2. The topological polar surface area (TPSA) is 82.5 Å². The first-order valence-corrected chi connectivity index (χ1v) is 7.93. The van der Waals surface area contributed by atoms with Gasteiger partial charge in [0.05, 0.1) is 4.92 Å². The third kappa shape index (κ3) is 2.37. The number of aromatic nitrogens is 1. The van der Waals surface area contributed by atoms with Crippen molar-refractivity contribution in [1.82, 2.24) is 14.8 Å². The number of non-ortho nitro benzene ring substituents is 1. The molecule has 0 spiro atoms. The highest BCUT2D eigenvalue weighted by Gasteiger charge is 2.33. The summed E-state index contributed by atoms with van der Waals surface area (Å²) in [6.07, 6.45) is 2.34. The van der Waals surface area contributed by atoms with Gasteiger partial charge in [0.25, 0.3) is 11.6 Å². The number of aromatic amines is 1. The Balaban J connectivity index is 1.62. The number of benzene rings is 1. The molecule has 0 bridgehead atoms. The summed E-state index contributed by atoms with van der Waals surface area (Å²) in [5.41, 5.74) is 0.850. The van der Waals surface area contributed by atoms with Crippen molar-refractivity contribution in [3.8, 4) is 0 Å². The average Bonchev–Trinajstić information content (AvgIpc) is 3.19. The number of nitrogens with one attached hydrogen (secondary N) is 1. The molecular weight excluding hydrogens is 296 g/mol. The van der Waals surface area contributed by atoms with Gasteiger partial charge < -0.3 is 9.88 Å². The van der Waals surface area contributed by atoms with Gasteiger partial charge in [0, 0.05) is 37.1 Å². The van der Waals surface area contributed by atoms with E-state index in [9.17, 15) is 14.9 Å². The van der Waals surface area contributed by atoms with Crippen LogP contribution in [0.1, 0.15) is 23.3 Å². The van der Waals surface area contributed by atoms with Crippen molar-refractivity contribution in [2.45, 2.75) is 18.9 Å². The van der Waals surface area contributed by atoms with Crippen LogP contribution >= 0.6 is 0 Å². The molecule has 0 radical (unpaired) electrons. The molecule has 1 N–H and O–H groups in total. The molecule has 2 saturated heterocycles. The van der Waals surface area contributed by atoms with E-state index in [2.05, 4.69) is 9.88 Å². The molecule has 0 aliphatic carbocycles. The van der Waals surface area contributed by atoms with E-state index < -0.39 is 4.92 Å². The fourth-order valence-electron chi connectivity index (χ4n) is 3.75. The van der Waals surface area contributed by atoms with E-state index in [4.69, 9.17) is 0 Å². The van der Waals surface area contributed by atoms with Gasteiger partial charge in [-0.3, -0.25) is 19.8 Å². The molecule has 1 unspecified atom stereocenters. The zero-order chi connectivity index (χ0) is 16.0. The molecule has 7 heteroatoms.